The van der Waals surface area contributed by atoms with E-state index in [1.165, 1.54) is 30.9 Å². The summed E-state index contributed by atoms with van der Waals surface area (Å²) in [6.45, 7) is 1.27. The molecule has 1 atom stereocenters. The highest BCUT2D eigenvalue weighted by molar-refractivity contribution is 5.77. The lowest BCUT2D eigenvalue weighted by atomic mass is 10.1. The molecule has 1 unspecified atom stereocenters. The smallest absolute Gasteiger partial charge is 0.260 e. The summed E-state index contributed by atoms with van der Waals surface area (Å²) in [6.07, 6.45) is 4.14. The summed E-state index contributed by atoms with van der Waals surface area (Å²) < 4.78 is 24.0. The van der Waals surface area contributed by atoms with Crippen LogP contribution in [-0.2, 0) is 9.53 Å². The van der Waals surface area contributed by atoms with E-state index in [9.17, 15) is 9.18 Å². The molecule has 1 saturated heterocycles. The Kier molecular flexibility index (Phi) is 4.77. The van der Waals surface area contributed by atoms with Crippen molar-refractivity contribution in [1.82, 2.24) is 14.9 Å². The molecule has 1 aliphatic rings. The van der Waals surface area contributed by atoms with Gasteiger partial charge >= 0.3 is 0 Å². The second-order valence-corrected chi connectivity index (χ2v) is 5.11. The van der Waals surface area contributed by atoms with Crippen molar-refractivity contribution in [2.45, 2.75) is 6.10 Å². The van der Waals surface area contributed by atoms with Crippen molar-refractivity contribution < 1.29 is 18.7 Å². The van der Waals surface area contributed by atoms with Crippen molar-refractivity contribution in [2.24, 2.45) is 0 Å². The molecule has 7 heteroatoms. The van der Waals surface area contributed by atoms with E-state index in [1.807, 2.05) is 0 Å². The molecule has 1 aromatic carbocycles. The maximum absolute atomic E-state index is 13.0. The van der Waals surface area contributed by atoms with Crippen LogP contribution < -0.4 is 4.74 Å². The number of ether oxygens (including phenoxy) is 2. The lowest BCUT2D eigenvalue weighted by molar-refractivity contribution is -0.141. The SMILES string of the molecule is O=C(COc1cncnc1)N1CCOC(c2ccc(F)cc2)C1. The minimum Gasteiger partial charge on any atom is -0.481 e. The number of carbonyl (C=O) groups is 1. The topological polar surface area (TPSA) is 64.5 Å². The number of carbonyl (C=O) groups excluding carboxylic acids is 1. The molecule has 0 saturated carbocycles. The fourth-order valence-corrected chi connectivity index (χ4v) is 2.35. The van der Waals surface area contributed by atoms with Gasteiger partial charge in [-0.25, -0.2) is 14.4 Å². The number of nitrogens with zero attached hydrogens (tertiary/aromatic N) is 3. The first-order valence-corrected chi connectivity index (χ1v) is 7.25. The Balaban J connectivity index is 1.57. The predicted octanol–water partition coefficient (Wildman–Crippen LogP) is 1.59. The van der Waals surface area contributed by atoms with E-state index in [4.69, 9.17) is 9.47 Å². The van der Waals surface area contributed by atoms with Gasteiger partial charge in [0.15, 0.2) is 12.4 Å². The zero-order chi connectivity index (χ0) is 16.1. The van der Waals surface area contributed by atoms with Gasteiger partial charge in [0.05, 0.1) is 25.5 Å². The fraction of sp³-hybridized carbons (Fsp3) is 0.312. The number of benzene rings is 1. The molecule has 0 spiro atoms. The molecule has 1 fully saturated rings. The Hall–Kier alpha value is -2.54. The first-order valence-electron chi connectivity index (χ1n) is 7.25. The zero-order valence-corrected chi connectivity index (χ0v) is 12.4. The molecule has 6 nitrogen and oxygen atoms in total. The molecule has 3 rings (SSSR count). The summed E-state index contributed by atoms with van der Waals surface area (Å²) in [4.78, 5) is 21.6. The van der Waals surface area contributed by atoms with Crippen molar-refractivity contribution in [1.29, 1.82) is 0 Å². The average molecular weight is 317 g/mol. The van der Waals surface area contributed by atoms with Crippen LogP contribution >= 0.6 is 0 Å². The maximum Gasteiger partial charge on any atom is 0.260 e. The van der Waals surface area contributed by atoms with Crippen LogP contribution in [0.2, 0.25) is 0 Å². The van der Waals surface area contributed by atoms with Crippen molar-refractivity contribution in [3.8, 4) is 5.75 Å². The number of amides is 1. The van der Waals surface area contributed by atoms with Crippen LogP contribution in [-0.4, -0.2) is 47.1 Å². The molecule has 1 aromatic heterocycles. The number of morpholine rings is 1. The van der Waals surface area contributed by atoms with Gasteiger partial charge in [0, 0.05) is 6.54 Å². The number of hydrogen-bond donors (Lipinski definition) is 0. The van der Waals surface area contributed by atoms with E-state index in [0.717, 1.165) is 5.56 Å². The molecule has 0 bridgehead atoms. The van der Waals surface area contributed by atoms with Gasteiger partial charge in [-0.3, -0.25) is 4.79 Å². The highest BCUT2D eigenvalue weighted by atomic mass is 19.1. The van der Waals surface area contributed by atoms with Crippen molar-refractivity contribution in [2.75, 3.05) is 26.3 Å². The minimum absolute atomic E-state index is 0.0799. The molecular weight excluding hydrogens is 301 g/mol. The molecule has 2 heterocycles. The molecule has 2 aromatic rings. The monoisotopic (exact) mass is 317 g/mol. The minimum atomic E-state index is -0.295. The van der Waals surface area contributed by atoms with Crippen molar-refractivity contribution in [3.05, 3.63) is 54.4 Å². The van der Waals surface area contributed by atoms with Gasteiger partial charge in [0.1, 0.15) is 18.2 Å². The van der Waals surface area contributed by atoms with E-state index < -0.39 is 0 Å². The summed E-state index contributed by atoms with van der Waals surface area (Å²) in [5.74, 6) is 0.0180. The van der Waals surface area contributed by atoms with E-state index >= 15 is 0 Å². The summed E-state index contributed by atoms with van der Waals surface area (Å²) >= 11 is 0. The third kappa shape index (κ3) is 4.01. The lowest BCUT2D eigenvalue weighted by Crippen LogP contribution is -2.44. The van der Waals surface area contributed by atoms with Crippen LogP contribution in [0, 0.1) is 5.82 Å². The molecule has 0 N–H and O–H groups in total. The molecule has 1 aliphatic heterocycles. The third-order valence-electron chi connectivity index (χ3n) is 3.56. The van der Waals surface area contributed by atoms with Crippen LogP contribution in [0.4, 0.5) is 4.39 Å². The number of halogens is 1. The lowest BCUT2D eigenvalue weighted by Gasteiger charge is -2.33. The van der Waals surface area contributed by atoms with E-state index in [2.05, 4.69) is 9.97 Å². The fourth-order valence-electron chi connectivity index (χ4n) is 2.35. The predicted molar refractivity (Wildman–Crippen MR) is 79.2 cm³/mol. The number of aromatic nitrogens is 2. The van der Waals surface area contributed by atoms with E-state index in [1.54, 1.807) is 17.0 Å². The Labute approximate surface area is 132 Å². The van der Waals surface area contributed by atoms with Crippen LogP contribution in [0.25, 0.3) is 0 Å². The second kappa shape index (κ2) is 7.15. The maximum atomic E-state index is 13.0. The summed E-state index contributed by atoms with van der Waals surface area (Å²) in [5, 5.41) is 0. The Morgan fingerprint density at radius 2 is 2.04 bits per heavy atom. The van der Waals surface area contributed by atoms with Gasteiger partial charge in [0.2, 0.25) is 0 Å². The van der Waals surface area contributed by atoms with Crippen LogP contribution in [0.3, 0.4) is 0 Å². The van der Waals surface area contributed by atoms with Gasteiger partial charge < -0.3 is 14.4 Å². The third-order valence-corrected chi connectivity index (χ3v) is 3.56. The van der Waals surface area contributed by atoms with Crippen molar-refractivity contribution >= 4 is 5.91 Å². The molecule has 1 amide bonds. The molecule has 0 aliphatic carbocycles. The highest BCUT2D eigenvalue weighted by Gasteiger charge is 2.25. The number of rotatable bonds is 4. The highest BCUT2D eigenvalue weighted by Crippen LogP contribution is 2.22. The molecule has 120 valence electrons. The van der Waals surface area contributed by atoms with Gasteiger partial charge in [-0.05, 0) is 17.7 Å². The first kappa shape index (κ1) is 15.4. The van der Waals surface area contributed by atoms with Gasteiger partial charge in [-0.1, -0.05) is 12.1 Å². The van der Waals surface area contributed by atoms with E-state index in [0.29, 0.717) is 25.4 Å². The van der Waals surface area contributed by atoms with Gasteiger partial charge in [0.25, 0.3) is 5.91 Å². The van der Waals surface area contributed by atoms with E-state index in [-0.39, 0.29) is 24.4 Å². The quantitative estimate of drug-likeness (QED) is 0.857. The first-order chi connectivity index (χ1) is 11.2. The largest absolute Gasteiger partial charge is 0.481 e. The van der Waals surface area contributed by atoms with Crippen molar-refractivity contribution in [3.63, 3.8) is 0 Å². The van der Waals surface area contributed by atoms with Crippen LogP contribution in [0.15, 0.2) is 43.0 Å². The molecular formula is C16H16FN3O3. The van der Waals surface area contributed by atoms with Gasteiger partial charge in [-0.2, -0.15) is 0 Å². The summed E-state index contributed by atoms with van der Waals surface area (Å²) in [7, 11) is 0. The van der Waals surface area contributed by atoms with Crippen LogP contribution in [0.5, 0.6) is 5.75 Å². The molecule has 0 radical (unpaired) electrons. The Morgan fingerprint density at radius 1 is 1.30 bits per heavy atom. The Morgan fingerprint density at radius 3 is 2.78 bits per heavy atom. The Bertz CT molecular complexity index is 651. The second-order valence-electron chi connectivity index (χ2n) is 5.11. The number of hydrogen-bond acceptors (Lipinski definition) is 5. The summed E-state index contributed by atoms with van der Waals surface area (Å²) in [5.41, 5.74) is 0.848. The van der Waals surface area contributed by atoms with Gasteiger partial charge in [-0.15, -0.1) is 0 Å². The standard InChI is InChI=1S/C16H16FN3O3/c17-13-3-1-12(2-4-13)15-9-20(5-6-22-15)16(21)10-23-14-7-18-11-19-8-14/h1-4,7-8,11,15H,5-6,9-10H2. The summed E-state index contributed by atoms with van der Waals surface area (Å²) in [6, 6.07) is 6.12. The zero-order valence-electron chi connectivity index (χ0n) is 12.4. The van der Waals surface area contributed by atoms with Crippen LogP contribution in [0.1, 0.15) is 11.7 Å². The average Bonchev–Trinajstić information content (AvgIpc) is 2.61. The normalized spacial score (nSPS) is 17.8. The molecule has 23 heavy (non-hydrogen) atoms.